The molecule has 2 rings (SSSR count). The highest BCUT2D eigenvalue weighted by Crippen LogP contribution is 2.35. The molecule has 0 unspecified atom stereocenters. The molecule has 16 heavy (non-hydrogen) atoms. The lowest BCUT2D eigenvalue weighted by Gasteiger charge is -2.00. The van der Waals surface area contributed by atoms with Crippen LogP contribution in [-0.2, 0) is 0 Å². The highest BCUT2D eigenvalue weighted by molar-refractivity contribution is 8.01. The predicted octanol–water partition coefficient (Wildman–Crippen LogP) is 3.86. The molecular weight excluding hydrogens is 268 g/mol. The number of rotatable bonds is 3. The first-order valence-electron chi connectivity index (χ1n) is 4.18. The maximum absolute atomic E-state index is 10.5. The van der Waals surface area contributed by atoms with Crippen molar-refractivity contribution in [2.45, 2.75) is 9.24 Å². The Kier molecular flexibility index (Phi) is 3.42. The number of non-ortho nitro benzene ring substituents is 1. The fourth-order valence-corrected chi connectivity index (χ4v) is 2.91. The predicted molar refractivity (Wildman–Crippen MR) is 64.3 cm³/mol. The van der Waals surface area contributed by atoms with E-state index in [9.17, 15) is 10.1 Å². The van der Waals surface area contributed by atoms with Crippen molar-refractivity contribution in [1.29, 1.82) is 0 Å². The van der Waals surface area contributed by atoms with Gasteiger partial charge in [-0.05, 0) is 6.07 Å². The van der Waals surface area contributed by atoms with Crippen molar-refractivity contribution in [2.75, 3.05) is 0 Å². The van der Waals surface area contributed by atoms with E-state index in [0.717, 1.165) is 9.24 Å². The van der Waals surface area contributed by atoms with Crippen LogP contribution in [-0.4, -0.2) is 9.91 Å². The van der Waals surface area contributed by atoms with Crippen LogP contribution in [0.5, 0.6) is 0 Å². The van der Waals surface area contributed by atoms with Crippen LogP contribution in [0.15, 0.2) is 39.0 Å². The highest BCUT2D eigenvalue weighted by atomic mass is 35.5. The molecule has 0 aliphatic heterocycles. The molecule has 0 atom stereocenters. The summed E-state index contributed by atoms with van der Waals surface area (Å²) in [7, 11) is 0. The van der Waals surface area contributed by atoms with Crippen molar-refractivity contribution in [3.63, 3.8) is 0 Å². The molecule has 2 aromatic rings. The number of halogens is 1. The van der Waals surface area contributed by atoms with Gasteiger partial charge in [0, 0.05) is 28.6 Å². The smallest absolute Gasteiger partial charge is 0.258 e. The molecule has 0 bridgehead atoms. The van der Waals surface area contributed by atoms with Gasteiger partial charge in [-0.25, -0.2) is 4.98 Å². The minimum atomic E-state index is -0.469. The lowest BCUT2D eigenvalue weighted by molar-refractivity contribution is -0.384. The third-order valence-electron chi connectivity index (χ3n) is 1.73. The van der Waals surface area contributed by atoms with E-state index in [1.807, 2.05) is 5.38 Å². The van der Waals surface area contributed by atoms with Crippen LogP contribution in [0.25, 0.3) is 0 Å². The fourth-order valence-electron chi connectivity index (χ4n) is 1.04. The Labute approximate surface area is 104 Å². The average molecular weight is 273 g/mol. The molecule has 0 saturated heterocycles. The van der Waals surface area contributed by atoms with Crippen LogP contribution in [0.1, 0.15) is 0 Å². The summed E-state index contributed by atoms with van der Waals surface area (Å²) >= 11 is 8.83. The van der Waals surface area contributed by atoms with Gasteiger partial charge in [-0.15, -0.1) is 11.3 Å². The van der Waals surface area contributed by atoms with E-state index in [0.29, 0.717) is 5.02 Å². The SMILES string of the molecule is O=[N+]([O-])c1ccc(Sc2nccs2)c(Cl)c1. The minimum absolute atomic E-state index is 0.00603. The van der Waals surface area contributed by atoms with Crippen LogP contribution in [0, 0.1) is 10.1 Å². The Balaban J connectivity index is 2.26. The number of hydrogen-bond acceptors (Lipinski definition) is 5. The van der Waals surface area contributed by atoms with Gasteiger partial charge in [0.25, 0.3) is 5.69 Å². The topological polar surface area (TPSA) is 56.0 Å². The van der Waals surface area contributed by atoms with Gasteiger partial charge in [0.2, 0.25) is 0 Å². The molecule has 0 amide bonds. The summed E-state index contributed by atoms with van der Waals surface area (Å²) in [6.45, 7) is 0. The summed E-state index contributed by atoms with van der Waals surface area (Å²) in [4.78, 5) is 14.9. The summed E-state index contributed by atoms with van der Waals surface area (Å²) in [6, 6.07) is 4.41. The zero-order chi connectivity index (χ0) is 11.5. The van der Waals surface area contributed by atoms with Crippen molar-refractivity contribution in [2.24, 2.45) is 0 Å². The largest absolute Gasteiger partial charge is 0.270 e. The number of hydrogen-bond donors (Lipinski definition) is 0. The van der Waals surface area contributed by atoms with Gasteiger partial charge >= 0.3 is 0 Å². The zero-order valence-electron chi connectivity index (χ0n) is 7.79. The number of nitro groups is 1. The number of thiazole rings is 1. The second-order valence-corrected chi connectivity index (χ2v) is 5.36. The summed E-state index contributed by atoms with van der Waals surface area (Å²) in [5, 5.41) is 12.7. The molecule has 0 fully saturated rings. The summed E-state index contributed by atoms with van der Waals surface area (Å²) in [5.41, 5.74) is -0.00603. The number of benzene rings is 1. The van der Waals surface area contributed by atoms with E-state index < -0.39 is 4.92 Å². The first kappa shape index (κ1) is 11.4. The molecule has 0 aliphatic rings. The van der Waals surface area contributed by atoms with Crippen molar-refractivity contribution < 1.29 is 4.92 Å². The Morgan fingerprint density at radius 1 is 1.50 bits per heavy atom. The number of aromatic nitrogens is 1. The molecule has 4 nitrogen and oxygen atoms in total. The average Bonchev–Trinajstić information content (AvgIpc) is 2.73. The van der Waals surface area contributed by atoms with E-state index in [1.54, 1.807) is 12.3 Å². The second kappa shape index (κ2) is 4.82. The van der Waals surface area contributed by atoms with E-state index in [4.69, 9.17) is 11.6 Å². The van der Waals surface area contributed by atoms with Gasteiger partial charge in [0.1, 0.15) is 0 Å². The first-order valence-corrected chi connectivity index (χ1v) is 6.25. The number of nitro benzene ring substituents is 1. The molecule has 0 aliphatic carbocycles. The van der Waals surface area contributed by atoms with E-state index in [2.05, 4.69) is 4.98 Å². The second-order valence-electron chi connectivity index (χ2n) is 2.77. The Hall–Kier alpha value is -1.11. The molecule has 1 heterocycles. The molecule has 82 valence electrons. The quantitative estimate of drug-likeness (QED) is 0.629. The van der Waals surface area contributed by atoms with E-state index >= 15 is 0 Å². The van der Waals surface area contributed by atoms with Crippen molar-refractivity contribution >= 4 is 40.4 Å². The summed E-state index contributed by atoms with van der Waals surface area (Å²) < 4.78 is 0.857. The van der Waals surface area contributed by atoms with Gasteiger partial charge in [-0.2, -0.15) is 0 Å². The minimum Gasteiger partial charge on any atom is -0.258 e. The fraction of sp³-hybridized carbons (Fsp3) is 0. The standard InChI is InChI=1S/C9H5ClN2O2S2/c10-7-5-6(12(13)14)1-2-8(7)16-9-11-3-4-15-9/h1-5H. The third kappa shape index (κ3) is 2.52. The molecule has 0 saturated carbocycles. The number of nitrogens with zero attached hydrogens (tertiary/aromatic N) is 2. The lowest BCUT2D eigenvalue weighted by atomic mass is 10.3. The van der Waals surface area contributed by atoms with Crippen LogP contribution in [0.4, 0.5) is 5.69 Å². The monoisotopic (exact) mass is 272 g/mol. The van der Waals surface area contributed by atoms with Crippen LogP contribution < -0.4 is 0 Å². The normalized spacial score (nSPS) is 10.3. The maximum Gasteiger partial charge on any atom is 0.270 e. The zero-order valence-corrected chi connectivity index (χ0v) is 10.2. The van der Waals surface area contributed by atoms with Crippen molar-refractivity contribution in [3.05, 3.63) is 44.9 Å². The van der Waals surface area contributed by atoms with Gasteiger partial charge in [-0.1, -0.05) is 23.4 Å². The maximum atomic E-state index is 10.5. The lowest BCUT2D eigenvalue weighted by Crippen LogP contribution is -1.87. The summed E-state index contributed by atoms with van der Waals surface area (Å²) in [5.74, 6) is 0. The summed E-state index contributed by atoms with van der Waals surface area (Å²) in [6.07, 6.45) is 1.70. The van der Waals surface area contributed by atoms with Gasteiger partial charge in [0.05, 0.1) is 9.95 Å². The van der Waals surface area contributed by atoms with Crippen LogP contribution >= 0.6 is 34.7 Å². The van der Waals surface area contributed by atoms with Crippen LogP contribution in [0.2, 0.25) is 5.02 Å². The van der Waals surface area contributed by atoms with E-state index in [-0.39, 0.29) is 5.69 Å². The molecule has 1 aromatic carbocycles. The van der Waals surface area contributed by atoms with Crippen molar-refractivity contribution in [3.8, 4) is 0 Å². The molecular formula is C9H5ClN2O2S2. The van der Waals surface area contributed by atoms with Gasteiger partial charge < -0.3 is 0 Å². The van der Waals surface area contributed by atoms with Gasteiger partial charge in [-0.3, -0.25) is 10.1 Å². The highest BCUT2D eigenvalue weighted by Gasteiger charge is 2.10. The van der Waals surface area contributed by atoms with Crippen LogP contribution in [0.3, 0.4) is 0 Å². The molecule has 0 N–H and O–H groups in total. The molecule has 0 radical (unpaired) electrons. The van der Waals surface area contributed by atoms with E-state index in [1.165, 1.54) is 35.2 Å². The van der Waals surface area contributed by atoms with Gasteiger partial charge in [0.15, 0.2) is 4.34 Å². The molecule has 7 heteroatoms. The molecule has 1 aromatic heterocycles. The Morgan fingerprint density at radius 3 is 2.88 bits per heavy atom. The molecule has 0 spiro atoms. The third-order valence-corrected chi connectivity index (χ3v) is 4.12. The first-order chi connectivity index (χ1) is 7.66. The van der Waals surface area contributed by atoms with Crippen molar-refractivity contribution in [1.82, 2.24) is 4.98 Å². The Bertz CT molecular complexity index is 516. The Morgan fingerprint density at radius 2 is 2.31 bits per heavy atom.